The van der Waals surface area contributed by atoms with E-state index in [1.165, 1.54) is 13.5 Å². The fourth-order valence-corrected chi connectivity index (χ4v) is 12.9. The minimum Gasteiger partial charge on any atom is -0.469 e. The summed E-state index contributed by atoms with van der Waals surface area (Å²) >= 11 is 0. The van der Waals surface area contributed by atoms with E-state index in [1.807, 2.05) is 18.2 Å². The molecule has 10 nitrogen and oxygen atoms in total. The zero-order valence-electron chi connectivity index (χ0n) is 33.8. The first-order valence-corrected chi connectivity index (χ1v) is 23.1. The number of amides is 1. The number of carbonyl (C=O) groups excluding carboxylic acids is 2. The number of piperidine rings is 1. The maximum Gasteiger partial charge on any atom is 0.305 e. The quantitative estimate of drug-likeness (QED) is 0.177. The number of esters is 1. The number of methoxy groups -OCH3 is 1. The fraction of sp³-hybridized carbons (Fsp3) is 0.644. The van der Waals surface area contributed by atoms with Crippen LogP contribution in [0.1, 0.15) is 63.4 Å². The summed E-state index contributed by atoms with van der Waals surface area (Å²) in [6.07, 6.45) is 9.21. The zero-order valence-corrected chi connectivity index (χ0v) is 34.6. The molecule has 8 rings (SSSR count). The average Bonchev–Trinajstić information content (AvgIpc) is 3.85. The lowest BCUT2D eigenvalue weighted by Gasteiger charge is -2.54. The third kappa shape index (κ3) is 8.43. The molecule has 57 heavy (non-hydrogen) atoms. The highest BCUT2D eigenvalue weighted by Crippen LogP contribution is 2.54. The summed E-state index contributed by atoms with van der Waals surface area (Å²) in [5.74, 6) is 1.03. The molecule has 1 amide bonds. The van der Waals surface area contributed by atoms with Gasteiger partial charge in [-0.05, 0) is 144 Å². The molecule has 5 saturated heterocycles. The maximum atomic E-state index is 15.0. The van der Waals surface area contributed by atoms with Gasteiger partial charge in [0.05, 0.1) is 12.0 Å². The number of rotatable bonds is 15. The number of sulfone groups is 1. The van der Waals surface area contributed by atoms with Crippen LogP contribution in [-0.2, 0) is 29.6 Å². The van der Waals surface area contributed by atoms with Gasteiger partial charge in [0.15, 0.2) is 9.84 Å². The van der Waals surface area contributed by atoms with E-state index in [0.717, 1.165) is 122 Å². The molecule has 5 aliphatic heterocycles. The molecule has 0 radical (unpaired) electrons. The summed E-state index contributed by atoms with van der Waals surface area (Å²) in [4.78, 5) is 37.2. The Hall–Kier alpha value is -3.32. The summed E-state index contributed by atoms with van der Waals surface area (Å²) in [5.41, 5.74) is 2.48. The van der Waals surface area contributed by atoms with E-state index in [2.05, 4.69) is 32.2 Å². The molecule has 1 saturated carbocycles. The van der Waals surface area contributed by atoms with Crippen LogP contribution < -0.4 is 4.90 Å². The second-order valence-electron chi connectivity index (χ2n) is 18.1. The number of anilines is 1. The Kier molecular flexibility index (Phi) is 12.1. The zero-order chi connectivity index (χ0) is 39.7. The lowest BCUT2D eigenvalue weighted by Crippen LogP contribution is -2.58. The van der Waals surface area contributed by atoms with Gasteiger partial charge >= 0.3 is 5.97 Å². The smallest absolute Gasteiger partial charge is 0.305 e. The predicted octanol–water partition coefficient (Wildman–Crippen LogP) is 5.23. The average molecular weight is 804 g/mol. The lowest BCUT2D eigenvalue weighted by atomic mass is 9.56. The minimum absolute atomic E-state index is 0.130. The maximum absolute atomic E-state index is 15.0. The van der Waals surface area contributed by atoms with Gasteiger partial charge in [0, 0.05) is 74.8 Å². The van der Waals surface area contributed by atoms with Crippen molar-refractivity contribution < 1.29 is 27.1 Å². The highest BCUT2D eigenvalue weighted by atomic mass is 32.2. The van der Waals surface area contributed by atoms with Crippen LogP contribution in [0.5, 0.6) is 0 Å². The largest absolute Gasteiger partial charge is 0.469 e. The van der Waals surface area contributed by atoms with Gasteiger partial charge in [-0.3, -0.25) is 14.5 Å². The van der Waals surface area contributed by atoms with Crippen molar-refractivity contribution in [2.75, 3.05) is 97.1 Å². The first kappa shape index (κ1) is 40.5. The van der Waals surface area contributed by atoms with Gasteiger partial charge in [0.1, 0.15) is 11.1 Å². The van der Waals surface area contributed by atoms with Crippen LogP contribution >= 0.6 is 0 Å². The van der Waals surface area contributed by atoms with Gasteiger partial charge in [-0.1, -0.05) is 25.1 Å². The second-order valence-corrected chi connectivity index (χ2v) is 20.3. The Bertz CT molecular complexity index is 1860. The monoisotopic (exact) mass is 803 g/mol. The van der Waals surface area contributed by atoms with Crippen molar-refractivity contribution in [3.63, 3.8) is 0 Å². The molecule has 12 heteroatoms. The molecule has 310 valence electrons. The first-order valence-electron chi connectivity index (χ1n) is 21.6. The highest BCUT2D eigenvalue weighted by Gasteiger charge is 2.53. The predicted molar refractivity (Wildman–Crippen MR) is 220 cm³/mol. The van der Waals surface area contributed by atoms with E-state index in [9.17, 15) is 18.0 Å². The summed E-state index contributed by atoms with van der Waals surface area (Å²) < 4.78 is 47.1. The van der Waals surface area contributed by atoms with Crippen molar-refractivity contribution in [3.05, 3.63) is 72.1 Å². The number of carbonyl (C=O) groups is 2. The van der Waals surface area contributed by atoms with Gasteiger partial charge < -0.3 is 24.3 Å². The van der Waals surface area contributed by atoms with Crippen LogP contribution in [0.4, 0.5) is 10.1 Å². The number of ether oxygens (including phenoxy) is 1. The standard InChI is InChI=1S/C45H62FN5O5S/c1-33(26-47-18-3-4-19-47)44(53)51-30-41(31-51)57(54,55)40-14-12-39(13-15-40)50-28-34(29-50)27-48-22-16-36(17-23-48)45(32-49-20-7-21-49,37-9-6-10-38(46)25-37)42-11-5-8-35(42)24-43(52)56-2/h6,9-10,12-15,25,34-36,41-42H,1,3-5,7-8,11,16-24,26-32H2,2H3/t35-,42+,45+/m1/s1. The van der Waals surface area contributed by atoms with E-state index in [0.29, 0.717) is 41.2 Å². The van der Waals surface area contributed by atoms with Crippen molar-refractivity contribution in [3.8, 4) is 0 Å². The molecular weight excluding hydrogens is 742 g/mol. The number of halogens is 1. The SMILES string of the molecule is C=C(CN1CCCC1)C(=O)N1CC(S(=O)(=O)c2ccc(N3CC(CN4CCC([C@@](CN5CCC5)(c5cccc(F)c5)[C@H]5CCC[C@@H]5CC(=O)OC)CC4)C3)cc2)C1. The van der Waals surface area contributed by atoms with Crippen LogP contribution in [0, 0.1) is 29.5 Å². The van der Waals surface area contributed by atoms with Crippen LogP contribution in [0.25, 0.3) is 0 Å². The first-order chi connectivity index (χ1) is 27.5. The van der Waals surface area contributed by atoms with Gasteiger partial charge in [-0.25, -0.2) is 12.8 Å². The van der Waals surface area contributed by atoms with Crippen molar-refractivity contribution in [1.82, 2.24) is 19.6 Å². The second kappa shape index (κ2) is 17.1. The van der Waals surface area contributed by atoms with Crippen LogP contribution in [0.3, 0.4) is 0 Å². The summed E-state index contributed by atoms with van der Waals surface area (Å²) in [5, 5.41) is -0.585. The summed E-state index contributed by atoms with van der Waals surface area (Å²) in [7, 11) is -2.05. The Balaban J connectivity index is 0.852. The lowest BCUT2D eigenvalue weighted by molar-refractivity contribution is -0.142. The number of hydrogen-bond donors (Lipinski definition) is 0. The van der Waals surface area contributed by atoms with Crippen LogP contribution in [0.15, 0.2) is 65.6 Å². The van der Waals surface area contributed by atoms with Crippen LogP contribution in [0.2, 0.25) is 0 Å². The van der Waals surface area contributed by atoms with E-state index in [1.54, 1.807) is 29.2 Å². The van der Waals surface area contributed by atoms with Crippen molar-refractivity contribution >= 4 is 27.4 Å². The minimum atomic E-state index is -3.53. The Morgan fingerprint density at radius 2 is 1.54 bits per heavy atom. The number of likely N-dealkylation sites (tertiary alicyclic amines) is 4. The Labute approximate surface area is 339 Å². The molecule has 6 fully saturated rings. The molecule has 0 N–H and O–H groups in total. The molecule has 3 atom stereocenters. The molecule has 2 aromatic carbocycles. The van der Waals surface area contributed by atoms with Gasteiger partial charge in [0.2, 0.25) is 0 Å². The fourth-order valence-electron chi connectivity index (χ4n) is 11.3. The summed E-state index contributed by atoms with van der Waals surface area (Å²) in [6, 6.07) is 14.7. The number of benzene rings is 2. The van der Waals surface area contributed by atoms with E-state index in [4.69, 9.17) is 4.74 Å². The molecular formula is C45H62FN5O5S. The normalized spacial score (nSPS) is 25.4. The molecule has 0 aromatic heterocycles. The molecule has 2 aromatic rings. The summed E-state index contributed by atoms with van der Waals surface area (Å²) in [6.45, 7) is 15.0. The highest BCUT2D eigenvalue weighted by molar-refractivity contribution is 7.92. The van der Waals surface area contributed by atoms with Crippen molar-refractivity contribution in [2.24, 2.45) is 23.7 Å². The number of hydrogen-bond acceptors (Lipinski definition) is 9. The van der Waals surface area contributed by atoms with Gasteiger partial charge in [0.25, 0.3) is 5.91 Å². The van der Waals surface area contributed by atoms with E-state index >= 15 is 4.39 Å². The van der Waals surface area contributed by atoms with Gasteiger partial charge in [-0.15, -0.1) is 0 Å². The topological polar surface area (TPSA) is 93.7 Å². The number of nitrogens with zero attached hydrogens (tertiary/aromatic N) is 5. The molecule has 5 heterocycles. The van der Waals surface area contributed by atoms with Crippen molar-refractivity contribution in [1.29, 1.82) is 0 Å². The Morgan fingerprint density at radius 1 is 0.842 bits per heavy atom. The van der Waals surface area contributed by atoms with Gasteiger partial charge in [-0.2, -0.15) is 0 Å². The molecule has 1 aliphatic carbocycles. The van der Waals surface area contributed by atoms with E-state index < -0.39 is 15.1 Å². The third-order valence-corrected chi connectivity index (χ3v) is 16.7. The van der Waals surface area contributed by atoms with Crippen LogP contribution in [-0.4, -0.2) is 137 Å². The molecule has 0 unspecified atom stereocenters. The van der Waals surface area contributed by atoms with E-state index in [-0.39, 0.29) is 42.1 Å². The third-order valence-electron chi connectivity index (χ3n) is 14.6. The molecule has 0 bridgehead atoms. The van der Waals surface area contributed by atoms with Crippen molar-refractivity contribution in [2.45, 2.75) is 73.3 Å². The molecule has 6 aliphatic rings. The Morgan fingerprint density at radius 3 is 2.19 bits per heavy atom. The molecule has 0 spiro atoms.